The summed E-state index contributed by atoms with van der Waals surface area (Å²) in [5.41, 5.74) is 2.20. The van der Waals surface area contributed by atoms with E-state index in [1.807, 2.05) is 44.2 Å². The van der Waals surface area contributed by atoms with E-state index in [9.17, 15) is 4.79 Å². The van der Waals surface area contributed by atoms with Gasteiger partial charge in [-0.2, -0.15) is 9.78 Å². The van der Waals surface area contributed by atoms with E-state index in [1.165, 1.54) is 4.68 Å². The first-order valence-electron chi connectivity index (χ1n) is 10.2. The molecule has 7 heteroatoms. The van der Waals surface area contributed by atoms with Crippen molar-refractivity contribution >= 4 is 33.0 Å². The van der Waals surface area contributed by atoms with Crippen molar-refractivity contribution in [2.24, 2.45) is 5.10 Å². The quantitative estimate of drug-likeness (QED) is 0.312. The second-order valence-electron chi connectivity index (χ2n) is 6.94. The van der Waals surface area contributed by atoms with Gasteiger partial charge in [0, 0.05) is 16.5 Å². The standard InChI is InChI=1S/C24H26BrN3O3/c1-5-8-17-12-16(13-21(31-7-3)23(17)30-4)15-26-28-22(9-6-2)27-20-11-10-18(25)14-19(20)24(28)29/h5,10-15H,1,6-9H2,2-4H3. The van der Waals surface area contributed by atoms with Gasteiger partial charge in [0.2, 0.25) is 0 Å². The summed E-state index contributed by atoms with van der Waals surface area (Å²) < 4.78 is 13.5. The molecule has 1 heterocycles. The summed E-state index contributed by atoms with van der Waals surface area (Å²) in [4.78, 5) is 17.8. The fourth-order valence-electron chi connectivity index (χ4n) is 3.38. The molecule has 162 valence electrons. The van der Waals surface area contributed by atoms with Gasteiger partial charge in [-0.25, -0.2) is 4.98 Å². The molecule has 0 N–H and O–H groups in total. The highest BCUT2D eigenvalue weighted by molar-refractivity contribution is 9.10. The summed E-state index contributed by atoms with van der Waals surface area (Å²) in [6, 6.07) is 9.31. The zero-order valence-corrected chi connectivity index (χ0v) is 19.6. The van der Waals surface area contributed by atoms with Crippen LogP contribution in [0.15, 0.2) is 57.4 Å². The van der Waals surface area contributed by atoms with Crippen molar-refractivity contribution in [3.05, 3.63) is 74.8 Å². The second kappa shape index (κ2) is 10.4. The van der Waals surface area contributed by atoms with Gasteiger partial charge in [-0.1, -0.05) is 28.9 Å². The molecular formula is C24H26BrN3O3. The molecule has 0 radical (unpaired) electrons. The molecule has 1 aromatic heterocycles. The first kappa shape index (κ1) is 22.7. The summed E-state index contributed by atoms with van der Waals surface area (Å²) in [6.45, 7) is 8.30. The van der Waals surface area contributed by atoms with Gasteiger partial charge in [-0.05, 0) is 55.7 Å². The summed E-state index contributed by atoms with van der Waals surface area (Å²) in [5.74, 6) is 1.94. The van der Waals surface area contributed by atoms with Gasteiger partial charge < -0.3 is 9.47 Å². The first-order valence-corrected chi connectivity index (χ1v) is 11.0. The van der Waals surface area contributed by atoms with E-state index in [0.29, 0.717) is 47.7 Å². The summed E-state index contributed by atoms with van der Waals surface area (Å²) in [7, 11) is 1.62. The molecule has 0 bridgehead atoms. The van der Waals surface area contributed by atoms with Crippen LogP contribution in [0.3, 0.4) is 0 Å². The summed E-state index contributed by atoms with van der Waals surface area (Å²) in [5, 5.41) is 5.03. The van der Waals surface area contributed by atoms with Crippen LogP contribution in [-0.4, -0.2) is 29.6 Å². The third-order valence-corrected chi connectivity index (χ3v) is 5.19. The Morgan fingerprint density at radius 2 is 2.06 bits per heavy atom. The fourth-order valence-corrected chi connectivity index (χ4v) is 3.74. The van der Waals surface area contributed by atoms with Crippen LogP contribution >= 0.6 is 15.9 Å². The minimum absolute atomic E-state index is 0.198. The Hall–Kier alpha value is -2.93. The smallest absolute Gasteiger partial charge is 0.282 e. The molecule has 2 aromatic carbocycles. The van der Waals surface area contributed by atoms with E-state index in [-0.39, 0.29) is 5.56 Å². The number of methoxy groups -OCH3 is 1. The molecule has 6 nitrogen and oxygen atoms in total. The molecule has 0 aliphatic heterocycles. The Bertz CT molecular complexity index is 1180. The van der Waals surface area contributed by atoms with E-state index < -0.39 is 0 Å². The van der Waals surface area contributed by atoms with Crippen molar-refractivity contribution in [3.8, 4) is 11.5 Å². The van der Waals surface area contributed by atoms with E-state index in [0.717, 1.165) is 22.0 Å². The van der Waals surface area contributed by atoms with Crippen molar-refractivity contribution in [2.75, 3.05) is 13.7 Å². The van der Waals surface area contributed by atoms with Crippen LogP contribution in [0.2, 0.25) is 0 Å². The minimum Gasteiger partial charge on any atom is -0.493 e. The Kier molecular flexibility index (Phi) is 7.63. The van der Waals surface area contributed by atoms with Gasteiger partial charge in [0.25, 0.3) is 5.56 Å². The number of hydrogen-bond donors (Lipinski definition) is 0. The van der Waals surface area contributed by atoms with E-state index >= 15 is 0 Å². The third kappa shape index (κ3) is 5.05. The highest BCUT2D eigenvalue weighted by Crippen LogP contribution is 2.33. The highest BCUT2D eigenvalue weighted by Gasteiger charge is 2.13. The Balaban J connectivity index is 2.14. The van der Waals surface area contributed by atoms with Crippen LogP contribution < -0.4 is 15.0 Å². The third-order valence-electron chi connectivity index (χ3n) is 4.69. The normalized spacial score (nSPS) is 11.2. The van der Waals surface area contributed by atoms with E-state index in [2.05, 4.69) is 32.6 Å². The maximum Gasteiger partial charge on any atom is 0.282 e. The zero-order valence-electron chi connectivity index (χ0n) is 18.0. The number of nitrogens with zero attached hydrogens (tertiary/aromatic N) is 3. The maximum absolute atomic E-state index is 13.2. The summed E-state index contributed by atoms with van der Waals surface area (Å²) in [6.07, 6.45) is 5.58. The molecule has 0 atom stereocenters. The number of hydrogen-bond acceptors (Lipinski definition) is 5. The SMILES string of the molecule is C=CCc1cc(C=Nn2c(CCC)nc3ccc(Br)cc3c2=O)cc(OCC)c1OC. The molecule has 0 unspecified atom stereocenters. The molecule has 3 aromatic rings. The molecular weight excluding hydrogens is 458 g/mol. The first-order chi connectivity index (χ1) is 15.0. The van der Waals surface area contributed by atoms with Crippen molar-refractivity contribution in [3.63, 3.8) is 0 Å². The molecule has 31 heavy (non-hydrogen) atoms. The van der Waals surface area contributed by atoms with Gasteiger partial charge in [-0.15, -0.1) is 6.58 Å². The lowest BCUT2D eigenvalue weighted by molar-refractivity contribution is 0.309. The number of aryl methyl sites for hydroxylation is 1. The fraction of sp³-hybridized carbons (Fsp3) is 0.292. The van der Waals surface area contributed by atoms with Gasteiger partial charge in [0.15, 0.2) is 11.5 Å². The number of benzene rings is 2. The number of ether oxygens (including phenoxy) is 2. The zero-order chi connectivity index (χ0) is 22.4. The minimum atomic E-state index is -0.198. The second-order valence-corrected chi connectivity index (χ2v) is 7.85. The average Bonchev–Trinajstić information content (AvgIpc) is 2.75. The molecule has 0 saturated carbocycles. The molecule has 3 rings (SSSR count). The highest BCUT2D eigenvalue weighted by atomic mass is 79.9. The van der Waals surface area contributed by atoms with Crippen LogP contribution in [0.1, 0.15) is 37.2 Å². The molecule has 0 aliphatic rings. The Morgan fingerprint density at radius 1 is 1.26 bits per heavy atom. The largest absolute Gasteiger partial charge is 0.493 e. The number of allylic oxidation sites excluding steroid dienone is 1. The van der Waals surface area contributed by atoms with E-state index in [4.69, 9.17) is 9.47 Å². The van der Waals surface area contributed by atoms with Crippen molar-refractivity contribution in [2.45, 2.75) is 33.1 Å². The predicted molar refractivity (Wildman–Crippen MR) is 129 cm³/mol. The van der Waals surface area contributed by atoms with Crippen molar-refractivity contribution < 1.29 is 9.47 Å². The van der Waals surface area contributed by atoms with Crippen molar-refractivity contribution in [1.82, 2.24) is 9.66 Å². The van der Waals surface area contributed by atoms with Gasteiger partial charge >= 0.3 is 0 Å². The summed E-state index contributed by atoms with van der Waals surface area (Å²) >= 11 is 3.43. The lowest BCUT2D eigenvalue weighted by Gasteiger charge is -2.14. The van der Waals surface area contributed by atoms with E-state index in [1.54, 1.807) is 19.4 Å². The average molecular weight is 484 g/mol. The van der Waals surface area contributed by atoms with Crippen LogP contribution in [0.5, 0.6) is 11.5 Å². The Morgan fingerprint density at radius 3 is 2.74 bits per heavy atom. The van der Waals surface area contributed by atoms with Gasteiger partial charge in [0.1, 0.15) is 5.82 Å². The van der Waals surface area contributed by atoms with Crippen LogP contribution in [-0.2, 0) is 12.8 Å². The maximum atomic E-state index is 13.2. The Labute approximate surface area is 190 Å². The number of fused-ring (bicyclic) bond motifs is 1. The predicted octanol–water partition coefficient (Wildman–Crippen LogP) is 5.13. The monoisotopic (exact) mass is 483 g/mol. The molecule has 0 saturated heterocycles. The lowest BCUT2D eigenvalue weighted by atomic mass is 10.1. The number of halogens is 1. The number of aromatic nitrogens is 2. The van der Waals surface area contributed by atoms with Crippen LogP contribution in [0.25, 0.3) is 10.9 Å². The molecule has 0 fully saturated rings. The molecule has 0 spiro atoms. The number of rotatable bonds is 9. The van der Waals surface area contributed by atoms with Gasteiger partial charge in [0.05, 0.1) is 30.8 Å². The van der Waals surface area contributed by atoms with Crippen LogP contribution in [0, 0.1) is 0 Å². The van der Waals surface area contributed by atoms with Gasteiger partial charge in [-0.3, -0.25) is 4.79 Å². The molecule has 0 aliphatic carbocycles. The van der Waals surface area contributed by atoms with Crippen LogP contribution in [0.4, 0.5) is 0 Å². The molecule has 0 amide bonds. The lowest BCUT2D eigenvalue weighted by Crippen LogP contribution is -2.22. The van der Waals surface area contributed by atoms with Crippen molar-refractivity contribution in [1.29, 1.82) is 0 Å². The topological polar surface area (TPSA) is 65.7 Å².